The zero-order valence-corrected chi connectivity index (χ0v) is 14.8. The minimum Gasteiger partial charge on any atom is -0.328 e. The fourth-order valence-corrected chi connectivity index (χ4v) is 3.77. The Hall–Kier alpha value is -2.64. The van der Waals surface area contributed by atoms with Crippen molar-refractivity contribution < 1.29 is 4.79 Å². The van der Waals surface area contributed by atoms with Gasteiger partial charge in [-0.3, -0.25) is 4.79 Å². The Kier molecular flexibility index (Phi) is 4.03. The Labute approximate surface area is 153 Å². The number of benzene rings is 1. The Bertz CT molecular complexity index is 946. The lowest BCUT2D eigenvalue weighted by atomic mass is 10.0. The van der Waals surface area contributed by atoms with Gasteiger partial charge in [0.15, 0.2) is 0 Å². The molecule has 2 N–H and O–H groups in total. The van der Waals surface area contributed by atoms with Crippen LogP contribution in [0.2, 0.25) is 5.02 Å². The topological polar surface area (TPSA) is 71.8 Å². The van der Waals surface area contributed by atoms with E-state index >= 15 is 0 Å². The standard InChI is InChI=1S/C17H14ClN5OS/c1-10-14(16(24)22-12-6-4-11(18)5-7-12)15(13-3-2-8-25-13)23-17(21-10)19-9-20-23/h2-9,15H,1H3,(H,22,24)(H,19,20,21). The molecule has 1 aliphatic rings. The highest BCUT2D eigenvalue weighted by Crippen LogP contribution is 2.37. The molecule has 6 nitrogen and oxygen atoms in total. The van der Waals surface area contributed by atoms with Crippen molar-refractivity contribution in [2.45, 2.75) is 13.0 Å². The minimum absolute atomic E-state index is 0.188. The number of anilines is 2. The average molecular weight is 372 g/mol. The van der Waals surface area contributed by atoms with E-state index < -0.39 is 0 Å². The number of allylic oxidation sites excluding steroid dienone is 1. The number of nitrogens with zero attached hydrogens (tertiary/aromatic N) is 3. The molecule has 0 saturated carbocycles. The van der Waals surface area contributed by atoms with E-state index in [-0.39, 0.29) is 11.9 Å². The molecule has 3 aromatic rings. The van der Waals surface area contributed by atoms with Gasteiger partial charge in [-0.1, -0.05) is 17.7 Å². The van der Waals surface area contributed by atoms with E-state index in [9.17, 15) is 4.79 Å². The van der Waals surface area contributed by atoms with Crippen LogP contribution in [-0.2, 0) is 4.79 Å². The molecule has 8 heteroatoms. The van der Waals surface area contributed by atoms with Crippen LogP contribution in [0.5, 0.6) is 0 Å². The Balaban J connectivity index is 1.72. The molecule has 2 aromatic heterocycles. The molecular weight excluding hydrogens is 358 g/mol. The normalized spacial score (nSPS) is 16.3. The number of carbonyl (C=O) groups is 1. The maximum Gasteiger partial charge on any atom is 0.255 e. The number of hydrogen-bond acceptors (Lipinski definition) is 5. The van der Waals surface area contributed by atoms with Gasteiger partial charge in [0.25, 0.3) is 5.91 Å². The maximum atomic E-state index is 13.0. The molecule has 0 bridgehead atoms. The van der Waals surface area contributed by atoms with Crippen LogP contribution in [0.1, 0.15) is 17.8 Å². The second-order valence-corrected chi connectivity index (χ2v) is 6.99. The van der Waals surface area contributed by atoms with E-state index in [2.05, 4.69) is 20.7 Å². The fourth-order valence-electron chi connectivity index (χ4n) is 2.83. The molecule has 3 heterocycles. The molecule has 0 aliphatic carbocycles. The fraction of sp³-hybridized carbons (Fsp3) is 0.118. The first-order chi connectivity index (χ1) is 12.1. The summed E-state index contributed by atoms with van der Waals surface area (Å²) in [6.07, 6.45) is 1.48. The smallest absolute Gasteiger partial charge is 0.255 e. The SMILES string of the molecule is CC1=C(C(=O)Nc2ccc(Cl)cc2)C(c2cccs2)n2ncnc2N1. The number of halogens is 1. The highest BCUT2D eigenvalue weighted by atomic mass is 35.5. The van der Waals surface area contributed by atoms with Crippen molar-refractivity contribution in [2.24, 2.45) is 0 Å². The van der Waals surface area contributed by atoms with E-state index in [0.29, 0.717) is 22.2 Å². The number of thiophene rings is 1. The highest BCUT2D eigenvalue weighted by Gasteiger charge is 2.33. The summed E-state index contributed by atoms with van der Waals surface area (Å²) in [4.78, 5) is 18.2. The number of aromatic nitrogens is 3. The summed E-state index contributed by atoms with van der Waals surface area (Å²) in [7, 11) is 0. The first kappa shape index (κ1) is 15.9. The van der Waals surface area contributed by atoms with Gasteiger partial charge >= 0.3 is 0 Å². The van der Waals surface area contributed by atoms with E-state index in [1.807, 2.05) is 24.4 Å². The Morgan fingerprint density at radius 3 is 2.84 bits per heavy atom. The van der Waals surface area contributed by atoms with Crippen molar-refractivity contribution in [2.75, 3.05) is 10.6 Å². The van der Waals surface area contributed by atoms with Gasteiger partial charge in [-0.2, -0.15) is 10.1 Å². The summed E-state index contributed by atoms with van der Waals surface area (Å²) in [5.41, 5.74) is 2.05. The molecule has 4 rings (SSSR count). The first-order valence-corrected chi connectivity index (χ1v) is 8.87. The zero-order valence-electron chi connectivity index (χ0n) is 13.2. The van der Waals surface area contributed by atoms with Gasteiger partial charge in [-0.15, -0.1) is 11.3 Å². The van der Waals surface area contributed by atoms with E-state index in [1.54, 1.807) is 40.3 Å². The van der Waals surface area contributed by atoms with Gasteiger partial charge in [0.1, 0.15) is 12.4 Å². The molecule has 1 aromatic carbocycles. The molecule has 25 heavy (non-hydrogen) atoms. The first-order valence-electron chi connectivity index (χ1n) is 7.61. The van der Waals surface area contributed by atoms with E-state index in [4.69, 9.17) is 11.6 Å². The largest absolute Gasteiger partial charge is 0.328 e. The average Bonchev–Trinajstić information content (AvgIpc) is 3.26. The lowest BCUT2D eigenvalue weighted by Crippen LogP contribution is -2.31. The minimum atomic E-state index is -0.314. The lowest BCUT2D eigenvalue weighted by Gasteiger charge is -2.27. The van der Waals surface area contributed by atoms with Crippen molar-refractivity contribution in [3.05, 3.63) is 69.3 Å². The predicted molar refractivity (Wildman–Crippen MR) is 98.9 cm³/mol. The molecule has 1 unspecified atom stereocenters. The monoisotopic (exact) mass is 371 g/mol. The van der Waals surface area contributed by atoms with Crippen molar-refractivity contribution in [1.29, 1.82) is 0 Å². The molecule has 0 spiro atoms. The van der Waals surface area contributed by atoms with E-state index in [0.717, 1.165) is 10.6 Å². The number of nitrogens with one attached hydrogen (secondary N) is 2. The molecule has 0 saturated heterocycles. The summed E-state index contributed by atoms with van der Waals surface area (Å²) in [5.74, 6) is 0.436. The molecular formula is C17H14ClN5OS. The van der Waals surface area contributed by atoms with Crippen molar-refractivity contribution in [3.8, 4) is 0 Å². The number of fused-ring (bicyclic) bond motifs is 1. The van der Waals surface area contributed by atoms with Crippen molar-refractivity contribution in [3.63, 3.8) is 0 Å². The highest BCUT2D eigenvalue weighted by molar-refractivity contribution is 7.10. The number of amides is 1. The number of rotatable bonds is 3. The van der Waals surface area contributed by atoms with Gasteiger partial charge in [0, 0.05) is 21.3 Å². The summed E-state index contributed by atoms with van der Waals surface area (Å²) in [6, 6.07) is 10.7. The van der Waals surface area contributed by atoms with Crippen LogP contribution in [0, 0.1) is 0 Å². The summed E-state index contributed by atoms with van der Waals surface area (Å²) in [5, 5.41) is 13.0. The van der Waals surface area contributed by atoms with Crippen molar-refractivity contribution >= 4 is 40.5 Å². The van der Waals surface area contributed by atoms with Gasteiger partial charge in [0.2, 0.25) is 5.95 Å². The summed E-state index contributed by atoms with van der Waals surface area (Å²) in [6.45, 7) is 1.87. The Morgan fingerprint density at radius 2 is 2.12 bits per heavy atom. The molecule has 1 atom stereocenters. The molecule has 0 radical (unpaired) electrons. The molecule has 126 valence electrons. The lowest BCUT2D eigenvalue weighted by molar-refractivity contribution is -0.113. The third kappa shape index (κ3) is 2.92. The van der Waals surface area contributed by atoms with Crippen LogP contribution in [0.15, 0.2) is 59.4 Å². The third-order valence-electron chi connectivity index (χ3n) is 3.95. The van der Waals surface area contributed by atoms with Crippen LogP contribution in [0.25, 0.3) is 0 Å². The van der Waals surface area contributed by atoms with Crippen LogP contribution >= 0.6 is 22.9 Å². The molecule has 0 fully saturated rings. The second kappa shape index (κ2) is 6.34. The van der Waals surface area contributed by atoms with Gasteiger partial charge in [-0.25, -0.2) is 4.68 Å². The van der Waals surface area contributed by atoms with Gasteiger partial charge in [0.05, 0.1) is 5.57 Å². The summed E-state index contributed by atoms with van der Waals surface area (Å²) < 4.78 is 1.73. The molecule has 1 amide bonds. The summed E-state index contributed by atoms with van der Waals surface area (Å²) >= 11 is 7.49. The quantitative estimate of drug-likeness (QED) is 0.732. The maximum absolute atomic E-state index is 13.0. The zero-order chi connectivity index (χ0) is 17.4. The second-order valence-electron chi connectivity index (χ2n) is 5.57. The number of hydrogen-bond donors (Lipinski definition) is 2. The van der Waals surface area contributed by atoms with Crippen molar-refractivity contribution in [1.82, 2.24) is 14.8 Å². The van der Waals surface area contributed by atoms with Crippen LogP contribution in [0.3, 0.4) is 0 Å². The molecule has 1 aliphatic heterocycles. The van der Waals surface area contributed by atoms with Crippen LogP contribution in [0.4, 0.5) is 11.6 Å². The van der Waals surface area contributed by atoms with Crippen LogP contribution in [-0.4, -0.2) is 20.7 Å². The van der Waals surface area contributed by atoms with Crippen LogP contribution < -0.4 is 10.6 Å². The Morgan fingerprint density at radius 1 is 1.32 bits per heavy atom. The van der Waals surface area contributed by atoms with E-state index in [1.165, 1.54) is 6.33 Å². The third-order valence-corrected chi connectivity index (χ3v) is 5.13. The van der Waals surface area contributed by atoms with Gasteiger partial charge < -0.3 is 10.6 Å². The number of carbonyl (C=O) groups excluding carboxylic acids is 1. The van der Waals surface area contributed by atoms with Gasteiger partial charge in [-0.05, 0) is 42.6 Å². The predicted octanol–water partition coefficient (Wildman–Crippen LogP) is 3.92.